The van der Waals surface area contributed by atoms with Crippen molar-refractivity contribution in [3.05, 3.63) is 29.8 Å². The first kappa shape index (κ1) is 19.1. The van der Waals surface area contributed by atoms with Gasteiger partial charge in [0.1, 0.15) is 11.4 Å². The summed E-state index contributed by atoms with van der Waals surface area (Å²) in [7, 11) is 1.59. The molecule has 2 rings (SSSR count). The first-order chi connectivity index (χ1) is 11.6. The summed E-state index contributed by atoms with van der Waals surface area (Å²) < 4.78 is 10.7. The molecule has 0 bridgehead atoms. The van der Waals surface area contributed by atoms with Crippen LogP contribution in [0.5, 0.6) is 5.75 Å². The van der Waals surface area contributed by atoms with Crippen LogP contribution in [0.25, 0.3) is 0 Å². The maximum Gasteiger partial charge on any atom is 0.410 e. The van der Waals surface area contributed by atoms with E-state index >= 15 is 0 Å². The topological polar surface area (TPSA) is 76.1 Å². The maximum atomic E-state index is 12.3. The summed E-state index contributed by atoms with van der Waals surface area (Å²) in [4.78, 5) is 25.4. The standard InChI is InChI=1S/C19H27NO5/c1-18(2,3)25-17(23)20-10-8-19(9-11-20,13-16(21)22)14-6-5-7-15(12-14)24-4/h5-7,12H,8-11,13H2,1-4H3,(H,21,22). The molecule has 0 aliphatic carbocycles. The first-order valence-corrected chi connectivity index (χ1v) is 8.49. The maximum absolute atomic E-state index is 12.3. The Labute approximate surface area is 148 Å². The minimum absolute atomic E-state index is 0.0301. The molecule has 1 fully saturated rings. The van der Waals surface area contributed by atoms with Gasteiger partial charge in [0, 0.05) is 18.5 Å². The monoisotopic (exact) mass is 349 g/mol. The highest BCUT2D eigenvalue weighted by Crippen LogP contribution is 2.40. The van der Waals surface area contributed by atoms with Crippen LogP contribution >= 0.6 is 0 Å². The van der Waals surface area contributed by atoms with Gasteiger partial charge in [0.25, 0.3) is 0 Å². The lowest BCUT2D eigenvalue weighted by Crippen LogP contribution is -2.47. The number of carbonyl (C=O) groups excluding carboxylic acids is 1. The lowest BCUT2D eigenvalue weighted by molar-refractivity contribution is -0.139. The Kier molecular flexibility index (Phi) is 5.60. The summed E-state index contributed by atoms with van der Waals surface area (Å²) in [6, 6.07) is 7.55. The smallest absolute Gasteiger partial charge is 0.410 e. The van der Waals surface area contributed by atoms with Crippen molar-refractivity contribution in [1.29, 1.82) is 0 Å². The van der Waals surface area contributed by atoms with Gasteiger partial charge in [-0.2, -0.15) is 0 Å². The molecule has 0 radical (unpaired) electrons. The average Bonchev–Trinajstić information content (AvgIpc) is 2.53. The van der Waals surface area contributed by atoms with E-state index in [0.717, 1.165) is 5.56 Å². The number of amides is 1. The molecule has 1 aliphatic heterocycles. The Morgan fingerprint density at radius 2 is 1.88 bits per heavy atom. The van der Waals surface area contributed by atoms with E-state index in [2.05, 4.69) is 0 Å². The zero-order valence-electron chi connectivity index (χ0n) is 15.4. The van der Waals surface area contributed by atoms with Gasteiger partial charge in [-0.05, 0) is 51.3 Å². The summed E-state index contributed by atoms with van der Waals surface area (Å²) in [5, 5.41) is 9.41. The molecule has 6 heteroatoms. The second-order valence-electron chi connectivity index (χ2n) is 7.55. The summed E-state index contributed by atoms with van der Waals surface area (Å²) in [5.74, 6) is -0.134. The van der Waals surface area contributed by atoms with Crippen LogP contribution in [0.4, 0.5) is 4.79 Å². The molecule has 0 spiro atoms. The molecule has 0 saturated carbocycles. The van der Waals surface area contributed by atoms with Gasteiger partial charge in [-0.3, -0.25) is 4.79 Å². The predicted molar refractivity (Wildman–Crippen MR) is 94.0 cm³/mol. The average molecular weight is 349 g/mol. The number of carboxylic acid groups (broad SMARTS) is 1. The summed E-state index contributed by atoms with van der Waals surface area (Å²) in [6.45, 7) is 6.44. The van der Waals surface area contributed by atoms with Crippen LogP contribution in [0.1, 0.15) is 45.6 Å². The molecule has 1 amide bonds. The van der Waals surface area contributed by atoms with E-state index in [1.165, 1.54) is 0 Å². The van der Waals surface area contributed by atoms with E-state index in [-0.39, 0.29) is 12.5 Å². The molecule has 1 aromatic carbocycles. The van der Waals surface area contributed by atoms with Crippen molar-refractivity contribution in [2.45, 2.75) is 51.0 Å². The van der Waals surface area contributed by atoms with Crippen LogP contribution in [0, 0.1) is 0 Å². The van der Waals surface area contributed by atoms with Crippen molar-refractivity contribution in [2.24, 2.45) is 0 Å². The molecule has 1 heterocycles. The zero-order chi connectivity index (χ0) is 18.7. The molecule has 1 saturated heterocycles. The van der Waals surface area contributed by atoms with Gasteiger partial charge < -0.3 is 19.5 Å². The Bertz CT molecular complexity index is 627. The second kappa shape index (κ2) is 7.33. The van der Waals surface area contributed by atoms with Gasteiger partial charge in [0.2, 0.25) is 0 Å². The number of aliphatic carboxylic acids is 1. The summed E-state index contributed by atoms with van der Waals surface area (Å²) in [5.41, 5.74) is -0.101. The zero-order valence-corrected chi connectivity index (χ0v) is 15.4. The van der Waals surface area contributed by atoms with Crippen LogP contribution in [-0.2, 0) is 14.9 Å². The molecule has 1 aromatic rings. The fourth-order valence-electron chi connectivity index (χ4n) is 3.25. The Morgan fingerprint density at radius 1 is 1.24 bits per heavy atom. The van der Waals surface area contributed by atoms with Crippen molar-refractivity contribution < 1.29 is 24.2 Å². The molecular formula is C19H27NO5. The van der Waals surface area contributed by atoms with Crippen LogP contribution < -0.4 is 4.74 Å². The minimum Gasteiger partial charge on any atom is -0.497 e. The van der Waals surface area contributed by atoms with Crippen LogP contribution in [0.15, 0.2) is 24.3 Å². The molecule has 138 valence electrons. The van der Waals surface area contributed by atoms with E-state index in [0.29, 0.717) is 31.7 Å². The van der Waals surface area contributed by atoms with Crippen molar-refractivity contribution in [3.8, 4) is 5.75 Å². The lowest BCUT2D eigenvalue weighted by atomic mass is 9.70. The molecule has 6 nitrogen and oxygen atoms in total. The number of rotatable bonds is 4. The summed E-state index contributed by atoms with van der Waals surface area (Å²) >= 11 is 0. The van der Waals surface area contributed by atoms with Gasteiger partial charge >= 0.3 is 12.1 Å². The Hall–Kier alpha value is -2.24. The molecule has 0 atom stereocenters. The van der Waals surface area contributed by atoms with Crippen molar-refractivity contribution in [2.75, 3.05) is 20.2 Å². The van der Waals surface area contributed by atoms with E-state index in [1.54, 1.807) is 12.0 Å². The number of carbonyl (C=O) groups is 2. The fourth-order valence-corrected chi connectivity index (χ4v) is 3.25. The van der Waals surface area contributed by atoms with E-state index in [1.807, 2.05) is 45.0 Å². The van der Waals surface area contributed by atoms with Crippen LogP contribution in [0.2, 0.25) is 0 Å². The van der Waals surface area contributed by atoms with Crippen molar-refractivity contribution in [1.82, 2.24) is 4.90 Å². The SMILES string of the molecule is COc1cccc(C2(CC(=O)O)CCN(C(=O)OC(C)(C)C)CC2)c1. The normalized spacial score (nSPS) is 17.0. The summed E-state index contributed by atoms with van der Waals surface area (Å²) in [6.07, 6.45) is 0.835. The number of nitrogens with zero attached hydrogens (tertiary/aromatic N) is 1. The number of piperidine rings is 1. The number of ether oxygens (including phenoxy) is 2. The highest BCUT2D eigenvalue weighted by Gasteiger charge is 2.40. The third-order valence-corrected chi connectivity index (χ3v) is 4.54. The molecule has 0 unspecified atom stereocenters. The second-order valence-corrected chi connectivity index (χ2v) is 7.55. The van der Waals surface area contributed by atoms with Crippen LogP contribution in [0.3, 0.4) is 0 Å². The highest BCUT2D eigenvalue weighted by atomic mass is 16.6. The molecule has 1 aliphatic rings. The van der Waals surface area contributed by atoms with E-state index in [4.69, 9.17) is 9.47 Å². The number of methoxy groups -OCH3 is 1. The van der Waals surface area contributed by atoms with Crippen molar-refractivity contribution >= 4 is 12.1 Å². The molecule has 1 N–H and O–H groups in total. The van der Waals surface area contributed by atoms with Gasteiger partial charge in [-0.15, -0.1) is 0 Å². The minimum atomic E-state index is -0.839. The van der Waals surface area contributed by atoms with Gasteiger partial charge in [-0.25, -0.2) is 4.79 Å². The third-order valence-electron chi connectivity index (χ3n) is 4.54. The van der Waals surface area contributed by atoms with Gasteiger partial charge in [0.15, 0.2) is 0 Å². The van der Waals surface area contributed by atoms with E-state index in [9.17, 15) is 14.7 Å². The largest absolute Gasteiger partial charge is 0.497 e. The molecule has 25 heavy (non-hydrogen) atoms. The number of carboxylic acids is 1. The molecule has 0 aromatic heterocycles. The number of benzene rings is 1. The third kappa shape index (κ3) is 4.87. The first-order valence-electron chi connectivity index (χ1n) is 8.49. The van der Waals surface area contributed by atoms with E-state index < -0.39 is 17.0 Å². The Balaban J connectivity index is 2.18. The number of hydrogen-bond donors (Lipinski definition) is 1. The van der Waals surface area contributed by atoms with Gasteiger partial charge in [-0.1, -0.05) is 12.1 Å². The quantitative estimate of drug-likeness (QED) is 0.901. The van der Waals surface area contributed by atoms with Crippen molar-refractivity contribution in [3.63, 3.8) is 0 Å². The Morgan fingerprint density at radius 3 is 2.40 bits per heavy atom. The molecular weight excluding hydrogens is 322 g/mol. The lowest BCUT2D eigenvalue weighted by Gasteiger charge is -2.41. The fraction of sp³-hybridized carbons (Fsp3) is 0.579. The van der Waals surface area contributed by atoms with Gasteiger partial charge in [0.05, 0.1) is 13.5 Å². The highest BCUT2D eigenvalue weighted by molar-refractivity contribution is 5.70. The predicted octanol–water partition coefficient (Wildman–Crippen LogP) is 3.44. The van der Waals surface area contributed by atoms with Crippen LogP contribution in [-0.4, -0.2) is 47.9 Å². The number of hydrogen-bond acceptors (Lipinski definition) is 4. The number of likely N-dealkylation sites (tertiary alicyclic amines) is 1.